The molecule has 1 N–H and O–H groups in total. The molecule has 0 aromatic heterocycles. The molecule has 3 nitrogen and oxygen atoms in total. The van der Waals surface area contributed by atoms with Crippen LogP contribution in [0.3, 0.4) is 0 Å². The molecule has 0 spiro atoms. The summed E-state index contributed by atoms with van der Waals surface area (Å²) in [6.07, 6.45) is 3.21. The Bertz CT molecular complexity index is 475. The second-order valence-electron chi connectivity index (χ2n) is 5.09. The van der Waals surface area contributed by atoms with Gasteiger partial charge in [-0.15, -0.1) is 0 Å². The standard InChI is InChI=1S/C14H17ClFNO2/c1-19-9-14(5-2-6-14)8-17-13(18)11-4-3-10(15)7-12(11)16/h3-4,7H,2,5-6,8-9H2,1H3,(H,17,18). The molecule has 1 fully saturated rings. The van der Waals surface area contributed by atoms with E-state index in [1.54, 1.807) is 7.11 Å². The molecule has 1 amide bonds. The molecule has 104 valence electrons. The molecule has 19 heavy (non-hydrogen) atoms. The maximum atomic E-state index is 13.6. The molecular weight excluding hydrogens is 269 g/mol. The topological polar surface area (TPSA) is 38.3 Å². The van der Waals surface area contributed by atoms with E-state index in [0.717, 1.165) is 25.3 Å². The van der Waals surface area contributed by atoms with Gasteiger partial charge in [-0.05, 0) is 31.0 Å². The monoisotopic (exact) mass is 285 g/mol. The molecule has 0 aliphatic heterocycles. The van der Waals surface area contributed by atoms with E-state index in [1.807, 2.05) is 0 Å². The van der Waals surface area contributed by atoms with Crippen molar-refractivity contribution in [3.63, 3.8) is 0 Å². The molecule has 2 rings (SSSR count). The van der Waals surface area contributed by atoms with E-state index in [2.05, 4.69) is 5.32 Å². The Morgan fingerprint density at radius 3 is 2.79 bits per heavy atom. The van der Waals surface area contributed by atoms with E-state index in [9.17, 15) is 9.18 Å². The lowest BCUT2D eigenvalue weighted by Crippen LogP contribution is -2.45. The molecule has 0 unspecified atom stereocenters. The number of carbonyl (C=O) groups is 1. The number of nitrogens with one attached hydrogen (secondary N) is 1. The number of hydrogen-bond acceptors (Lipinski definition) is 2. The highest BCUT2D eigenvalue weighted by atomic mass is 35.5. The Morgan fingerprint density at radius 2 is 2.26 bits per heavy atom. The van der Waals surface area contributed by atoms with Crippen LogP contribution in [0.15, 0.2) is 18.2 Å². The summed E-state index contributed by atoms with van der Waals surface area (Å²) in [5.41, 5.74) is 0.0455. The maximum absolute atomic E-state index is 13.6. The van der Waals surface area contributed by atoms with E-state index in [1.165, 1.54) is 12.1 Å². The molecular formula is C14H17ClFNO2. The van der Waals surface area contributed by atoms with Crippen molar-refractivity contribution in [2.75, 3.05) is 20.3 Å². The summed E-state index contributed by atoms with van der Waals surface area (Å²) in [7, 11) is 1.65. The normalized spacial score (nSPS) is 16.8. The first kappa shape index (κ1) is 14.3. The van der Waals surface area contributed by atoms with Crippen molar-refractivity contribution in [2.24, 2.45) is 5.41 Å². The molecule has 1 aliphatic rings. The first-order chi connectivity index (χ1) is 9.06. The zero-order chi connectivity index (χ0) is 13.9. The van der Waals surface area contributed by atoms with Gasteiger partial charge in [0, 0.05) is 24.1 Å². The summed E-state index contributed by atoms with van der Waals surface area (Å²) in [4.78, 5) is 11.9. The van der Waals surface area contributed by atoms with Gasteiger partial charge in [0.25, 0.3) is 5.91 Å². The van der Waals surface area contributed by atoms with E-state index in [0.29, 0.717) is 13.2 Å². The minimum Gasteiger partial charge on any atom is -0.384 e. The lowest BCUT2D eigenvalue weighted by molar-refractivity contribution is 0.0179. The van der Waals surface area contributed by atoms with Crippen LogP contribution in [-0.2, 0) is 4.74 Å². The predicted octanol–water partition coefficient (Wildman–Crippen LogP) is 3.03. The van der Waals surface area contributed by atoms with Crippen molar-refractivity contribution in [3.05, 3.63) is 34.6 Å². The lowest BCUT2D eigenvalue weighted by atomic mass is 9.69. The summed E-state index contributed by atoms with van der Waals surface area (Å²) < 4.78 is 18.8. The van der Waals surface area contributed by atoms with Gasteiger partial charge in [0.2, 0.25) is 0 Å². The average Bonchev–Trinajstić information content (AvgIpc) is 2.32. The molecule has 1 saturated carbocycles. The van der Waals surface area contributed by atoms with Gasteiger partial charge in [0.05, 0.1) is 12.2 Å². The largest absolute Gasteiger partial charge is 0.384 e. The Balaban J connectivity index is 1.97. The molecule has 0 saturated heterocycles. The maximum Gasteiger partial charge on any atom is 0.254 e. The minimum atomic E-state index is -0.598. The summed E-state index contributed by atoms with van der Waals surface area (Å²) in [6, 6.07) is 4.05. The third kappa shape index (κ3) is 3.25. The average molecular weight is 286 g/mol. The molecule has 0 radical (unpaired) electrons. The van der Waals surface area contributed by atoms with Crippen LogP contribution in [0.25, 0.3) is 0 Å². The van der Waals surface area contributed by atoms with Crippen LogP contribution in [0.1, 0.15) is 29.6 Å². The first-order valence-corrected chi connectivity index (χ1v) is 6.66. The molecule has 1 aromatic rings. The van der Waals surface area contributed by atoms with Crippen LogP contribution in [0.2, 0.25) is 5.02 Å². The highest BCUT2D eigenvalue weighted by molar-refractivity contribution is 6.30. The number of halogens is 2. The quantitative estimate of drug-likeness (QED) is 0.903. The fraction of sp³-hybridized carbons (Fsp3) is 0.500. The number of amides is 1. The third-order valence-electron chi connectivity index (χ3n) is 3.66. The summed E-state index contributed by atoms with van der Waals surface area (Å²) >= 11 is 5.66. The Morgan fingerprint density at radius 1 is 1.53 bits per heavy atom. The number of hydrogen-bond donors (Lipinski definition) is 1. The fourth-order valence-corrected chi connectivity index (χ4v) is 2.55. The van der Waals surface area contributed by atoms with Crippen LogP contribution < -0.4 is 5.32 Å². The summed E-state index contributed by atoms with van der Waals surface area (Å²) in [5, 5.41) is 3.07. The smallest absolute Gasteiger partial charge is 0.254 e. The van der Waals surface area contributed by atoms with Crippen LogP contribution in [-0.4, -0.2) is 26.2 Å². The zero-order valence-corrected chi connectivity index (χ0v) is 11.6. The number of methoxy groups -OCH3 is 1. The van der Waals surface area contributed by atoms with Gasteiger partial charge in [0.1, 0.15) is 5.82 Å². The number of ether oxygens (including phenoxy) is 1. The minimum absolute atomic E-state index is 0.0211. The Labute approximate surface area is 117 Å². The van der Waals surface area contributed by atoms with Gasteiger partial charge in [-0.25, -0.2) is 4.39 Å². The third-order valence-corrected chi connectivity index (χ3v) is 3.90. The van der Waals surface area contributed by atoms with Gasteiger partial charge < -0.3 is 10.1 Å². The van der Waals surface area contributed by atoms with E-state index in [4.69, 9.17) is 16.3 Å². The highest BCUT2D eigenvalue weighted by Crippen LogP contribution is 2.40. The number of benzene rings is 1. The van der Waals surface area contributed by atoms with Crippen molar-refractivity contribution >= 4 is 17.5 Å². The highest BCUT2D eigenvalue weighted by Gasteiger charge is 2.37. The fourth-order valence-electron chi connectivity index (χ4n) is 2.39. The molecule has 0 heterocycles. The van der Waals surface area contributed by atoms with Crippen molar-refractivity contribution < 1.29 is 13.9 Å². The van der Waals surface area contributed by atoms with E-state index >= 15 is 0 Å². The second-order valence-corrected chi connectivity index (χ2v) is 5.53. The van der Waals surface area contributed by atoms with Crippen molar-refractivity contribution in [1.29, 1.82) is 0 Å². The zero-order valence-electron chi connectivity index (χ0n) is 10.8. The second kappa shape index (κ2) is 5.88. The van der Waals surface area contributed by atoms with Crippen LogP contribution in [0.4, 0.5) is 4.39 Å². The number of rotatable bonds is 5. The molecule has 5 heteroatoms. The van der Waals surface area contributed by atoms with Gasteiger partial charge in [-0.3, -0.25) is 4.79 Å². The molecule has 0 bridgehead atoms. The van der Waals surface area contributed by atoms with Gasteiger partial charge >= 0.3 is 0 Å². The number of carbonyl (C=O) groups excluding carboxylic acids is 1. The lowest BCUT2D eigenvalue weighted by Gasteiger charge is -2.41. The molecule has 1 aromatic carbocycles. The van der Waals surface area contributed by atoms with Crippen molar-refractivity contribution in [3.8, 4) is 0 Å². The Kier molecular flexibility index (Phi) is 4.42. The van der Waals surface area contributed by atoms with Crippen molar-refractivity contribution in [2.45, 2.75) is 19.3 Å². The van der Waals surface area contributed by atoms with Crippen LogP contribution in [0, 0.1) is 11.2 Å². The Hall–Kier alpha value is -1.13. The van der Waals surface area contributed by atoms with Gasteiger partial charge in [0.15, 0.2) is 0 Å². The predicted molar refractivity (Wildman–Crippen MR) is 71.9 cm³/mol. The van der Waals surface area contributed by atoms with Gasteiger partial charge in [-0.1, -0.05) is 18.0 Å². The van der Waals surface area contributed by atoms with Crippen molar-refractivity contribution in [1.82, 2.24) is 5.32 Å². The summed E-state index contributed by atoms with van der Waals surface area (Å²) in [5.74, 6) is -1.00. The molecule has 0 atom stereocenters. The summed E-state index contributed by atoms with van der Waals surface area (Å²) in [6.45, 7) is 1.14. The molecule has 1 aliphatic carbocycles. The van der Waals surface area contributed by atoms with E-state index < -0.39 is 11.7 Å². The SMILES string of the molecule is COCC1(CNC(=O)c2ccc(Cl)cc2F)CCC1. The van der Waals surface area contributed by atoms with E-state index in [-0.39, 0.29) is 16.0 Å². The van der Waals surface area contributed by atoms with Gasteiger partial charge in [-0.2, -0.15) is 0 Å². The first-order valence-electron chi connectivity index (χ1n) is 6.28. The van der Waals surface area contributed by atoms with Crippen LogP contribution >= 0.6 is 11.6 Å². The van der Waals surface area contributed by atoms with Crippen LogP contribution in [0.5, 0.6) is 0 Å².